The zero-order valence-corrected chi connectivity index (χ0v) is 15.6. The van der Waals surface area contributed by atoms with Crippen molar-refractivity contribution < 1.29 is 17.4 Å². The van der Waals surface area contributed by atoms with E-state index in [9.17, 15) is 13.2 Å². The molecule has 1 amide bonds. The predicted octanol–water partition coefficient (Wildman–Crippen LogP) is 3.44. The Balaban J connectivity index is 1.63. The van der Waals surface area contributed by atoms with Gasteiger partial charge in [-0.05, 0) is 61.4 Å². The lowest BCUT2D eigenvalue weighted by Crippen LogP contribution is -2.24. The van der Waals surface area contributed by atoms with E-state index >= 15 is 0 Å². The van der Waals surface area contributed by atoms with Gasteiger partial charge in [-0.25, -0.2) is 0 Å². The lowest BCUT2D eigenvalue weighted by atomic mass is 10.2. The summed E-state index contributed by atoms with van der Waals surface area (Å²) >= 11 is 0. The van der Waals surface area contributed by atoms with Gasteiger partial charge in [0.1, 0.15) is 10.6 Å². The SMILES string of the molecule is Cc1cc(N2CCCC2=O)ccc1S(=O)(=O)Oc1ccc2ncccc2c1. The van der Waals surface area contributed by atoms with E-state index in [0.29, 0.717) is 24.2 Å². The van der Waals surface area contributed by atoms with Crippen LogP contribution in [-0.2, 0) is 14.9 Å². The molecule has 0 aliphatic carbocycles. The number of nitrogens with zero attached hydrogens (tertiary/aromatic N) is 2. The summed E-state index contributed by atoms with van der Waals surface area (Å²) in [6, 6.07) is 13.4. The summed E-state index contributed by atoms with van der Waals surface area (Å²) in [6.07, 6.45) is 3.02. The largest absolute Gasteiger partial charge is 0.379 e. The van der Waals surface area contributed by atoms with Crippen LogP contribution in [-0.4, -0.2) is 25.9 Å². The van der Waals surface area contributed by atoms with Gasteiger partial charge in [0.2, 0.25) is 5.91 Å². The van der Waals surface area contributed by atoms with Gasteiger partial charge in [0.05, 0.1) is 5.52 Å². The Morgan fingerprint density at radius 1 is 1.11 bits per heavy atom. The number of hydrogen-bond acceptors (Lipinski definition) is 5. The number of aromatic nitrogens is 1. The highest BCUT2D eigenvalue weighted by Gasteiger charge is 2.24. The molecule has 1 aliphatic rings. The fourth-order valence-electron chi connectivity index (χ4n) is 3.28. The van der Waals surface area contributed by atoms with Gasteiger partial charge in [0.15, 0.2) is 0 Å². The Morgan fingerprint density at radius 2 is 1.96 bits per heavy atom. The number of hydrogen-bond donors (Lipinski definition) is 0. The molecule has 0 unspecified atom stereocenters. The van der Waals surface area contributed by atoms with Crippen LogP contribution < -0.4 is 9.08 Å². The van der Waals surface area contributed by atoms with Crippen molar-refractivity contribution in [1.82, 2.24) is 4.98 Å². The molecule has 0 N–H and O–H groups in total. The maximum atomic E-state index is 12.7. The highest BCUT2D eigenvalue weighted by Crippen LogP contribution is 2.28. The van der Waals surface area contributed by atoms with E-state index in [2.05, 4.69) is 4.98 Å². The Kier molecular flexibility index (Phi) is 4.31. The van der Waals surface area contributed by atoms with Gasteiger partial charge >= 0.3 is 10.1 Å². The van der Waals surface area contributed by atoms with Crippen molar-refractivity contribution in [3.05, 3.63) is 60.3 Å². The first-order valence-corrected chi connectivity index (χ1v) is 10.1. The molecule has 2 heterocycles. The van der Waals surface area contributed by atoms with Gasteiger partial charge in [0, 0.05) is 30.2 Å². The second-order valence-electron chi connectivity index (χ2n) is 6.49. The van der Waals surface area contributed by atoms with Gasteiger partial charge in [-0.1, -0.05) is 6.07 Å². The molecule has 0 spiro atoms. The van der Waals surface area contributed by atoms with Crippen LogP contribution in [0.15, 0.2) is 59.6 Å². The van der Waals surface area contributed by atoms with E-state index < -0.39 is 10.1 Å². The normalized spacial score (nSPS) is 14.7. The molecule has 1 fully saturated rings. The molecule has 6 nitrogen and oxygen atoms in total. The van der Waals surface area contributed by atoms with E-state index in [4.69, 9.17) is 4.18 Å². The lowest BCUT2D eigenvalue weighted by molar-refractivity contribution is -0.117. The minimum atomic E-state index is -3.99. The topological polar surface area (TPSA) is 76.6 Å². The van der Waals surface area contributed by atoms with Crippen molar-refractivity contribution in [2.75, 3.05) is 11.4 Å². The fourth-order valence-corrected chi connectivity index (χ4v) is 4.42. The molecule has 2 aromatic carbocycles. The first-order valence-electron chi connectivity index (χ1n) is 8.64. The van der Waals surface area contributed by atoms with Crippen LogP contribution in [0.2, 0.25) is 0 Å². The fraction of sp³-hybridized carbons (Fsp3) is 0.200. The van der Waals surface area contributed by atoms with Crippen LogP contribution in [0.5, 0.6) is 5.75 Å². The van der Waals surface area contributed by atoms with Crippen LogP contribution in [0.1, 0.15) is 18.4 Å². The number of carbonyl (C=O) groups is 1. The zero-order valence-electron chi connectivity index (χ0n) is 14.8. The molecule has 7 heteroatoms. The summed E-state index contributed by atoms with van der Waals surface area (Å²) in [5.74, 6) is 0.291. The molecule has 4 rings (SSSR count). The molecule has 138 valence electrons. The molecule has 0 bridgehead atoms. The zero-order chi connectivity index (χ0) is 19.0. The van der Waals surface area contributed by atoms with E-state index in [1.165, 1.54) is 6.07 Å². The third kappa shape index (κ3) is 3.38. The van der Waals surface area contributed by atoms with Crippen molar-refractivity contribution in [2.45, 2.75) is 24.7 Å². The van der Waals surface area contributed by atoms with Crippen LogP contribution in [0, 0.1) is 6.92 Å². The Hall–Kier alpha value is -2.93. The predicted molar refractivity (Wildman–Crippen MR) is 102 cm³/mol. The smallest absolute Gasteiger partial charge is 0.339 e. The monoisotopic (exact) mass is 382 g/mol. The van der Waals surface area contributed by atoms with Crippen molar-refractivity contribution in [2.24, 2.45) is 0 Å². The molecule has 1 aromatic heterocycles. The standard InChI is InChI=1S/C20H18N2O4S/c1-14-12-16(22-11-3-5-20(22)23)6-9-19(14)27(24,25)26-17-7-8-18-15(13-17)4-2-10-21-18/h2,4,6-10,12-13H,3,5,11H2,1H3. The van der Waals surface area contributed by atoms with Crippen LogP contribution in [0.3, 0.4) is 0 Å². The molecule has 0 saturated carbocycles. The second kappa shape index (κ2) is 6.66. The van der Waals surface area contributed by atoms with E-state index in [-0.39, 0.29) is 16.6 Å². The summed E-state index contributed by atoms with van der Waals surface area (Å²) < 4.78 is 30.8. The number of rotatable bonds is 4. The number of anilines is 1. The summed E-state index contributed by atoms with van der Waals surface area (Å²) in [5.41, 5.74) is 2.01. The Bertz CT molecular complexity index is 1140. The first kappa shape index (κ1) is 17.5. The molecular formula is C20H18N2O4S. The second-order valence-corrected chi connectivity index (χ2v) is 8.01. The van der Waals surface area contributed by atoms with E-state index in [0.717, 1.165) is 17.3 Å². The maximum absolute atomic E-state index is 12.7. The lowest BCUT2D eigenvalue weighted by Gasteiger charge is -2.17. The van der Waals surface area contributed by atoms with Crippen LogP contribution >= 0.6 is 0 Å². The van der Waals surface area contributed by atoms with Gasteiger partial charge < -0.3 is 9.08 Å². The summed E-state index contributed by atoms with van der Waals surface area (Å²) in [7, 11) is -3.99. The third-order valence-corrected chi connectivity index (χ3v) is 6.00. The number of benzene rings is 2. The highest BCUT2D eigenvalue weighted by atomic mass is 32.2. The van der Waals surface area contributed by atoms with Crippen molar-refractivity contribution in [3.63, 3.8) is 0 Å². The average Bonchev–Trinajstić information content (AvgIpc) is 3.07. The molecule has 0 atom stereocenters. The van der Waals surface area contributed by atoms with Crippen LogP contribution in [0.4, 0.5) is 5.69 Å². The highest BCUT2D eigenvalue weighted by molar-refractivity contribution is 7.87. The van der Waals surface area contributed by atoms with Gasteiger partial charge in [-0.15, -0.1) is 0 Å². The number of pyridine rings is 1. The maximum Gasteiger partial charge on any atom is 0.339 e. The van der Waals surface area contributed by atoms with Crippen molar-refractivity contribution >= 4 is 32.6 Å². The van der Waals surface area contributed by atoms with Crippen molar-refractivity contribution in [3.8, 4) is 5.75 Å². The van der Waals surface area contributed by atoms with Crippen LogP contribution in [0.25, 0.3) is 10.9 Å². The van der Waals surface area contributed by atoms with Gasteiger partial charge in [-0.3, -0.25) is 9.78 Å². The molecule has 0 radical (unpaired) electrons. The first-order chi connectivity index (χ1) is 12.9. The summed E-state index contributed by atoms with van der Waals surface area (Å²) in [4.78, 5) is 17.9. The van der Waals surface area contributed by atoms with E-state index in [1.54, 1.807) is 54.4 Å². The van der Waals surface area contributed by atoms with Gasteiger partial charge in [0.25, 0.3) is 0 Å². The molecule has 27 heavy (non-hydrogen) atoms. The summed E-state index contributed by atoms with van der Waals surface area (Å²) in [5, 5.41) is 0.796. The minimum Gasteiger partial charge on any atom is -0.379 e. The number of amides is 1. The molecule has 3 aromatic rings. The Labute approximate surface area is 157 Å². The number of aryl methyl sites for hydroxylation is 1. The average molecular weight is 382 g/mol. The Morgan fingerprint density at radius 3 is 2.70 bits per heavy atom. The van der Waals surface area contributed by atoms with Crippen molar-refractivity contribution in [1.29, 1.82) is 0 Å². The molecular weight excluding hydrogens is 364 g/mol. The number of carbonyl (C=O) groups excluding carboxylic acids is 1. The quantitative estimate of drug-likeness (QED) is 0.646. The third-order valence-electron chi connectivity index (χ3n) is 4.59. The van der Waals surface area contributed by atoms with E-state index in [1.807, 2.05) is 6.07 Å². The minimum absolute atomic E-state index is 0.0611. The van der Waals surface area contributed by atoms with Gasteiger partial charge in [-0.2, -0.15) is 8.42 Å². The summed E-state index contributed by atoms with van der Waals surface area (Å²) in [6.45, 7) is 2.36. The number of fused-ring (bicyclic) bond motifs is 1. The molecule has 1 saturated heterocycles. The molecule has 1 aliphatic heterocycles.